The van der Waals surface area contributed by atoms with Crippen LogP contribution in [0.3, 0.4) is 0 Å². The Kier molecular flexibility index (Phi) is 6.74. The first-order chi connectivity index (χ1) is 11.5. The van der Waals surface area contributed by atoms with Crippen molar-refractivity contribution in [3.05, 3.63) is 11.8 Å². The van der Waals surface area contributed by atoms with Crippen LogP contribution in [-0.4, -0.2) is 52.4 Å². The molecule has 0 saturated heterocycles. The second kappa shape index (κ2) is 8.79. The largest absolute Gasteiger partial charge is 0.392 e. The van der Waals surface area contributed by atoms with Crippen molar-refractivity contribution in [2.75, 3.05) is 23.8 Å². The molecule has 1 heterocycles. The predicted octanol–water partition coefficient (Wildman–Crippen LogP) is 1.13. The predicted molar refractivity (Wildman–Crippen MR) is 92.0 cm³/mol. The number of carbonyl (C=O) groups excluding carboxylic acids is 1. The molecule has 0 radical (unpaired) electrons. The van der Waals surface area contributed by atoms with E-state index in [1.807, 2.05) is 6.92 Å². The Bertz CT molecular complexity index is 545. The van der Waals surface area contributed by atoms with Gasteiger partial charge < -0.3 is 26.2 Å². The van der Waals surface area contributed by atoms with Crippen LogP contribution in [0.15, 0.2) is 6.20 Å². The van der Waals surface area contributed by atoms with Gasteiger partial charge in [-0.15, -0.1) is 0 Å². The first-order valence-electron chi connectivity index (χ1n) is 8.46. The number of aliphatic hydroxyl groups excluding tert-OH is 1. The van der Waals surface area contributed by atoms with Crippen molar-refractivity contribution in [3.63, 3.8) is 0 Å². The lowest BCUT2D eigenvalue weighted by Crippen LogP contribution is -2.30. The molecule has 1 fully saturated rings. The van der Waals surface area contributed by atoms with Crippen LogP contribution in [0.5, 0.6) is 0 Å². The van der Waals surface area contributed by atoms with Gasteiger partial charge in [-0.05, 0) is 39.5 Å². The number of nitrogens with one attached hydrogen (secondary N) is 2. The Balaban J connectivity index is 2.00. The molecule has 0 bridgehead atoms. The van der Waals surface area contributed by atoms with Gasteiger partial charge >= 0.3 is 0 Å². The van der Waals surface area contributed by atoms with E-state index in [0.29, 0.717) is 17.9 Å². The number of anilines is 2. The van der Waals surface area contributed by atoms with Gasteiger partial charge in [0.1, 0.15) is 5.82 Å². The average Bonchev–Trinajstić information content (AvgIpc) is 2.55. The Morgan fingerprint density at radius 2 is 2.17 bits per heavy atom. The highest BCUT2D eigenvalue weighted by atomic mass is 16.5. The van der Waals surface area contributed by atoms with E-state index in [9.17, 15) is 9.90 Å². The monoisotopic (exact) mass is 337 g/mol. The topological polar surface area (TPSA) is 122 Å². The highest BCUT2D eigenvalue weighted by Crippen LogP contribution is 2.24. The van der Waals surface area contributed by atoms with E-state index >= 15 is 0 Å². The fourth-order valence-corrected chi connectivity index (χ4v) is 2.80. The van der Waals surface area contributed by atoms with Crippen LogP contribution < -0.4 is 16.4 Å². The van der Waals surface area contributed by atoms with Gasteiger partial charge in [0.05, 0.1) is 17.8 Å². The number of rotatable bonds is 8. The second-order valence-electron chi connectivity index (χ2n) is 6.12. The molecule has 1 aromatic heterocycles. The Labute approximate surface area is 142 Å². The van der Waals surface area contributed by atoms with E-state index in [-0.39, 0.29) is 18.2 Å². The smallest absolute Gasteiger partial charge is 0.254 e. The van der Waals surface area contributed by atoms with E-state index in [4.69, 9.17) is 10.5 Å². The third-order valence-electron chi connectivity index (χ3n) is 4.03. The molecule has 8 nitrogen and oxygen atoms in total. The number of aliphatic hydroxyl groups is 1. The summed E-state index contributed by atoms with van der Waals surface area (Å²) in [6.07, 6.45) is 5.19. The minimum atomic E-state index is -0.605. The van der Waals surface area contributed by atoms with Crippen LogP contribution >= 0.6 is 0 Å². The number of ether oxygens (including phenoxy) is 1. The number of amides is 1. The van der Waals surface area contributed by atoms with Gasteiger partial charge in [-0.1, -0.05) is 0 Å². The molecule has 0 spiro atoms. The third-order valence-corrected chi connectivity index (χ3v) is 4.03. The van der Waals surface area contributed by atoms with Crippen LogP contribution in [-0.2, 0) is 4.74 Å². The normalized spacial score (nSPS) is 22.0. The molecule has 5 N–H and O–H groups in total. The molecule has 1 atom stereocenters. The molecule has 0 aliphatic heterocycles. The molecule has 1 aromatic rings. The van der Waals surface area contributed by atoms with E-state index in [2.05, 4.69) is 20.6 Å². The zero-order valence-corrected chi connectivity index (χ0v) is 14.3. The van der Waals surface area contributed by atoms with Gasteiger partial charge in [0.15, 0.2) is 0 Å². The highest BCUT2D eigenvalue weighted by molar-refractivity contribution is 5.97. The van der Waals surface area contributed by atoms with Crippen molar-refractivity contribution in [2.24, 2.45) is 5.73 Å². The number of carbonyl (C=O) groups is 1. The zero-order chi connectivity index (χ0) is 17.5. The average molecular weight is 337 g/mol. The summed E-state index contributed by atoms with van der Waals surface area (Å²) in [5.41, 5.74) is 5.55. The summed E-state index contributed by atoms with van der Waals surface area (Å²) in [6.45, 7) is 4.68. The lowest BCUT2D eigenvalue weighted by Gasteiger charge is -2.29. The third kappa shape index (κ3) is 5.31. The maximum absolute atomic E-state index is 11.5. The minimum Gasteiger partial charge on any atom is -0.392 e. The van der Waals surface area contributed by atoms with Gasteiger partial charge in [-0.2, -0.15) is 4.98 Å². The molecule has 134 valence electrons. The molecule has 24 heavy (non-hydrogen) atoms. The van der Waals surface area contributed by atoms with Gasteiger partial charge in [0.2, 0.25) is 5.95 Å². The molecule has 1 aliphatic rings. The standard InChI is InChI=1S/C16H27N5O3/c1-3-24-12-6-4-11(5-7-12)20-16-19-9-13(14(17)23)15(21-16)18-8-10(2)22/h9-12,22H,3-8H2,1-2H3,(H2,17,23)(H2,18,19,20,21). The Morgan fingerprint density at radius 1 is 1.46 bits per heavy atom. The van der Waals surface area contributed by atoms with Crippen LogP contribution in [0.1, 0.15) is 49.9 Å². The fourth-order valence-electron chi connectivity index (χ4n) is 2.80. The van der Waals surface area contributed by atoms with Crippen LogP contribution in [0, 0.1) is 0 Å². The molecule has 2 rings (SSSR count). The Morgan fingerprint density at radius 3 is 2.75 bits per heavy atom. The number of hydrogen-bond donors (Lipinski definition) is 4. The van der Waals surface area contributed by atoms with Crippen LogP contribution in [0.2, 0.25) is 0 Å². The first-order valence-corrected chi connectivity index (χ1v) is 8.46. The maximum atomic E-state index is 11.5. The molecule has 1 unspecified atom stereocenters. The van der Waals surface area contributed by atoms with Crippen LogP contribution in [0.4, 0.5) is 11.8 Å². The molecule has 1 saturated carbocycles. The summed E-state index contributed by atoms with van der Waals surface area (Å²) in [5.74, 6) is 0.184. The summed E-state index contributed by atoms with van der Waals surface area (Å²) in [5, 5.41) is 15.6. The van der Waals surface area contributed by atoms with Gasteiger partial charge in [0.25, 0.3) is 5.91 Å². The molecule has 8 heteroatoms. The lowest BCUT2D eigenvalue weighted by atomic mass is 9.93. The quantitative estimate of drug-likeness (QED) is 0.561. The maximum Gasteiger partial charge on any atom is 0.254 e. The SMILES string of the molecule is CCOC1CCC(Nc2ncc(C(N)=O)c(NCC(C)O)n2)CC1. The number of aromatic nitrogens is 2. The van der Waals surface area contributed by atoms with Crippen molar-refractivity contribution in [2.45, 2.75) is 57.8 Å². The highest BCUT2D eigenvalue weighted by Gasteiger charge is 2.22. The van der Waals surface area contributed by atoms with Gasteiger partial charge in [-0.3, -0.25) is 4.79 Å². The molecular weight excluding hydrogens is 310 g/mol. The number of hydrogen-bond acceptors (Lipinski definition) is 7. The van der Waals surface area contributed by atoms with Crippen molar-refractivity contribution < 1.29 is 14.6 Å². The molecular formula is C16H27N5O3. The number of nitrogens with two attached hydrogens (primary N) is 1. The van der Waals surface area contributed by atoms with Crippen molar-refractivity contribution >= 4 is 17.7 Å². The van der Waals surface area contributed by atoms with E-state index in [1.165, 1.54) is 6.20 Å². The fraction of sp³-hybridized carbons (Fsp3) is 0.688. The second-order valence-corrected chi connectivity index (χ2v) is 6.12. The van der Waals surface area contributed by atoms with Crippen molar-refractivity contribution in [3.8, 4) is 0 Å². The summed E-state index contributed by atoms with van der Waals surface area (Å²) >= 11 is 0. The Hall–Kier alpha value is -1.93. The summed E-state index contributed by atoms with van der Waals surface area (Å²) in [4.78, 5) is 20.0. The molecule has 0 aromatic carbocycles. The zero-order valence-electron chi connectivity index (χ0n) is 14.3. The van der Waals surface area contributed by atoms with Crippen molar-refractivity contribution in [1.29, 1.82) is 0 Å². The molecule has 1 amide bonds. The van der Waals surface area contributed by atoms with E-state index in [1.54, 1.807) is 6.92 Å². The first kappa shape index (κ1) is 18.4. The summed E-state index contributed by atoms with van der Waals surface area (Å²) in [7, 11) is 0. The van der Waals surface area contributed by atoms with Gasteiger partial charge in [0, 0.05) is 25.4 Å². The van der Waals surface area contributed by atoms with Crippen LogP contribution in [0.25, 0.3) is 0 Å². The summed E-state index contributed by atoms with van der Waals surface area (Å²) in [6, 6.07) is 0.283. The minimum absolute atomic E-state index is 0.209. The number of primary amides is 1. The van der Waals surface area contributed by atoms with E-state index < -0.39 is 12.0 Å². The van der Waals surface area contributed by atoms with Crippen molar-refractivity contribution in [1.82, 2.24) is 9.97 Å². The van der Waals surface area contributed by atoms with E-state index in [0.717, 1.165) is 32.3 Å². The molecule has 1 aliphatic carbocycles. The lowest BCUT2D eigenvalue weighted by molar-refractivity contribution is 0.0346. The number of nitrogens with zero attached hydrogens (tertiary/aromatic N) is 2. The van der Waals surface area contributed by atoms with Gasteiger partial charge in [-0.25, -0.2) is 4.98 Å². The summed E-state index contributed by atoms with van der Waals surface area (Å²) < 4.78 is 5.65.